The highest BCUT2D eigenvalue weighted by molar-refractivity contribution is 7.17. The lowest BCUT2D eigenvalue weighted by atomic mass is 10.1. The molecule has 8 heteroatoms. The third-order valence-corrected chi connectivity index (χ3v) is 6.95. The number of rotatable bonds is 6. The van der Waals surface area contributed by atoms with Gasteiger partial charge in [-0.25, -0.2) is 14.4 Å². The molecule has 0 bridgehead atoms. The maximum Gasteiger partial charge on any atom is 0.263 e. The van der Waals surface area contributed by atoms with Crippen LogP contribution in [0.25, 0.3) is 21.3 Å². The molecule has 6 nitrogen and oxygen atoms in total. The van der Waals surface area contributed by atoms with E-state index in [4.69, 9.17) is 4.74 Å². The van der Waals surface area contributed by atoms with Crippen LogP contribution < -0.4 is 4.74 Å². The van der Waals surface area contributed by atoms with Crippen molar-refractivity contribution >= 4 is 27.5 Å². The van der Waals surface area contributed by atoms with Crippen molar-refractivity contribution in [3.63, 3.8) is 0 Å². The van der Waals surface area contributed by atoms with E-state index in [1.807, 2.05) is 28.5 Å². The minimum absolute atomic E-state index is 0.0512. The summed E-state index contributed by atoms with van der Waals surface area (Å²) < 4.78 is 19.5. The summed E-state index contributed by atoms with van der Waals surface area (Å²) in [4.78, 5) is 26.8. The molecule has 174 valence electrons. The van der Waals surface area contributed by atoms with Crippen molar-refractivity contribution in [2.75, 3.05) is 26.2 Å². The number of amides is 1. The molecule has 1 aliphatic heterocycles. The van der Waals surface area contributed by atoms with Crippen LogP contribution in [0.15, 0.2) is 66.3 Å². The molecule has 0 N–H and O–H groups in total. The summed E-state index contributed by atoms with van der Waals surface area (Å²) in [6.07, 6.45) is 0.766. The summed E-state index contributed by atoms with van der Waals surface area (Å²) in [6, 6.07) is 16.7. The highest BCUT2D eigenvalue weighted by atomic mass is 32.1. The van der Waals surface area contributed by atoms with Gasteiger partial charge in [-0.2, -0.15) is 0 Å². The van der Waals surface area contributed by atoms with Gasteiger partial charge in [0.05, 0.1) is 5.39 Å². The van der Waals surface area contributed by atoms with E-state index in [2.05, 4.69) is 27.0 Å². The van der Waals surface area contributed by atoms with Crippen molar-refractivity contribution < 1.29 is 13.9 Å². The van der Waals surface area contributed by atoms with E-state index >= 15 is 0 Å². The van der Waals surface area contributed by atoms with Crippen molar-refractivity contribution in [1.29, 1.82) is 0 Å². The maximum atomic E-state index is 13.4. The number of piperazine rings is 1. The van der Waals surface area contributed by atoms with Crippen LogP contribution in [-0.2, 0) is 11.3 Å². The monoisotopic (exact) mass is 476 g/mol. The third-order valence-electron chi connectivity index (χ3n) is 6.06. The van der Waals surface area contributed by atoms with Gasteiger partial charge in [0.1, 0.15) is 17.0 Å². The van der Waals surface area contributed by atoms with E-state index in [0.29, 0.717) is 19.0 Å². The first-order chi connectivity index (χ1) is 16.6. The number of carbonyl (C=O) groups excluding carboxylic acids is 1. The molecule has 0 aliphatic carbocycles. The molecule has 0 unspecified atom stereocenters. The fourth-order valence-electron chi connectivity index (χ4n) is 4.22. The molecular weight excluding hydrogens is 451 g/mol. The Hall–Kier alpha value is -3.36. The summed E-state index contributed by atoms with van der Waals surface area (Å²) >= 11 is 1.47. The van der Waals surface area contributed by atoms with Gasteiger partial charge in [-0.15, -0.1) is 11.3 Å². The van der Waals surface area contributed by atoms with Crippen LogP contribution in [0.2, 0.25) is 0 Å². The summed E-state index contributed by atoms with van der Waals surface area (Å²) in [5.41, 5.74) is 2.99. The van der Waals surface area contributed by atoms with E-state index < -0.39 is 6.10 Å². The summed E-state index contributed by atoms with van der Waals surface area (Å²) in [7, 11) is 0. The van der Waals surface area contributed by atoms with Gasteiger partial charge in [0, 0.05) is 43.7 Å². The molecular formula is C26H25FN4O2S. The highest BCUT2D eigenvalue weighted by Crippen LogP contribution is 2.37. The average Bonchev–Trinajstić information content (AvgIpc) is 3.30. The van der Waals surface area contributed by atoms with E-state index in [0.717, 1.165) is 41.0 Å². The number of fused-ring (bicyclic) bond motifs is 1. The zero-order valence-electron chi connectivity index (χ0n) is 18.9. The molecule has 5 rings (SSSR count). The zero-order valence-corrected chi connectivity index (χ0v) is 19.7. The Balaban J connectivity index is 1.27. The fraction of sp³-hybridized carbons (Fsp3) is 0.269. The first kappa shape index (κ1) is 22.4. The second kappa shape index (κ2) is 9.87. The van der Waals surface area contributed by atoms with E-state index in [1.165, 1.54) is 35.4 Å². The summed E-state index contributed by atoms with van der Waals surface area (Å²) in [6.45, 7) is 5.62. The number of benzene rings is 2. The first-order valence-corrected chi connectivity index (χ1v) is 12.2. The molecule has 2 aromatic heterocycles. The first-order valence-electron chi connectivity index (χ1n) is 11.3. The average molecular weight is 477 g/mol. The maximum absolute atomic E-state index is 13.4. The lowest BCUT2D eigenvalue weighted by Gasteiger charge is -2.35. The SMILES string of the molecule is C[C@@H](Oc1ncnc2scc(-c3ccc(F)cc3)c12)C(=O)N1CCN(Cc2ccccc2)CC1. The molecule has 0 spiro atoms. The normalized spacial score (nSPS) is 15.4. The number of carbonyl (C=O) groups is 1. The minimum Gasteiger partial charge on any atom is -0.464 e. The molecule has 0 saturated carbocycles. The van der Waals surface area contributed by atoms with Crippen molar-refractivity contribution in [2.45, 2.75) is 19.6 Å². The van der Waals surface area contributed by atoms with Crippen LogP contribution in [0.1, 0.15) is 12.5 Å². The van der Waals surface area contributed by atoms with Crippen molar-refractivity contribution in [3.8, 4) is 17.0 Å². The second-order valence-electron chi connectivity index (χ2n) is 8.36. The lowest BCUT2D eigenvalue weighted by molar-refractivity contribution is -0.139. The van der Waals surface area contributed by atoms with Crippen LogP contribution in [0.4, 0.5) is 4.39 Å². The topological polar surface area (TPSA) is 58.6 Å². The van der Waals surface area contributed by atoms with Gasteiger partial charge in [0.25, 0.3) is 5.91 Å². The smallest absolute Gasteiger partial charge is 0.263 e. The molecule has 1 atom stereocenters. The van der Waals surface area contributed by atoms with Gasteiger partial charge < -0.3 is 9.64 Å². The van der Waals surface area contributed by atoms with Gasteiger partial charge >= 0.3 is 0 Å². The highest BCUT2D eigenvalue weighted by Gasteiger charge is 2.27. The summed E-state index contributed by atoms with van der Waals surface area (Å²) in [5, 5.41) is 2.70. The molecule has 1 fully saturated rings. The number of aromatic nitrogens is 2. The number of nitrogens with zero attached hydrogens (tertiary/aromatic N) is 4. The predicted molar refractivity (Wildman–Crippen MR) is 131 cm³/mol. The molecule has 1 aliphatic rings. The molecule has 1 amide bonds. The summed E-state index contributed by atoms with van der Waals surface area (Å²) in [5.74, 6) is 0.0258. The number of thiophene rings is 1. The Kier molecular flexibility index (Phi) is 6.51. The van der Waals surface area contributed by atoms with E-state index in [1.54, 1.807) is 19.1 Å². The molecule has 34 heavy (non-hydrogen) atoms. The van der Waals surface area contributed by atoms with Gasteiger partial charge in [-0.3, -0.25) is 9.69 Å². The number of halogens is 1. The van der Waals surface area contributed by atoms with Crippen molar-refractivity contribution in [3.05, 3.63) is 77.7 Å². The Morgan fingerprint density at radius 1 is 1.06 bits per heavy atom. The van der Waals surface area contributed by atoms with Crippen LogP contribution >= 0.6 is 11.3 Å². The minimum atomic E-state index is -0.681. The zero-order chi connectivity index (χ0) is 23.5. The molecule has 3 heterocycles. The van der Waals surface area contributed by atoms with Crippen LogP contribution in [-0.4, -0.2) is 58.0 Å². The predicted octanol–water partition coefficient (Wildman–Crippen LogP) is 4.61. The van der Waals surface area contributed by atoms with Crippen LogP contribution in [0, 0.1) is 5.82 Å². The van der Waals surface area contributed by atoms with Gasteiger partial charge in [0.15, 0.2) is 6.10 Å². The van der Waals surface area contributed by atoms with Crippen LogP contribution in [0.5, 0.6) is 5.88 Å². The van der Waals surface area contributed by atoms with Gasteiger partial charge in [0.2, 0.25) is 5.88 Å². The van der Waals surface area contributed by atoms with E-state index in [-0.39, 0.29) is 11.7 Å². The largest absolute Gasteiger partial charge is 0.464 e. The Bertz CT molecular complexity index is 1270. The number of hydrogen-bond acceptors (Lipinski definition) is 6. The number of hydrogen-bond donors (Lipinski definition) is 0. The molecule has 1 saturated heterocycles. The Morgan fingerprint density at radius 3 is 2.53 bits per heavy atom. The molecule has 0 radical (unpaired) electrons. The third kappa shape index (κ3) is 4.78. The lowest BCUT2D eigenvalue weighted by Crippen LogP contribution is -2.51. The quantitative estimate of drug-likeness (QED) is 0.407. The Morgan fingerprint density at radius 2 is 1.79 bits per heavy atom. The second-order valence-corrected chi connectivity index (χ2v) is 9.22. The Labute approximate surface area is 201 Å². The molecule has 2 aromatic carbocycles. The van der Waals surface area contributed by atoms with Crippen LogP contribution in [0.3, 0.4) is 0 Å². The number of ether oxygens (including phenoxy) is 1. The standard InChI is InChI=1S/C26H25FN4O2S/c1-18(26(32)31-13-11-30(12-14-31)15-19-5-3-2-4-6-19)33-24-23-22(16-34-25(23)29-17-28-24)20-7-9-21(27)10-8-20/h2-10,16-18H,11-15H2,1H3/t18-/m1/s1. The van der Waals surface area contributed by atoms with E-state index in [9.17, 15) is 9.18 Å². The van der Waals surface area contributed by atoms with Gasteiger partial charge in [-0.05, 0) is 30.2 Å². The molecule has 4 aromatic rings. The van der Waals surface area contributed by atoms with Crippen molar-refractivity contribution in [2.24, 2.45) is 0 Å². The fourth-order valence-corrected chi connectivity index (χ4v) is 5.13. The van der Waals surface area contributed by atoms with Gasteiger partial charge in [-0.1, -0.05) is 42.5 Å². The van der Waals surface area contributed by atoms with Crippen molar-refractivity contribution in [1.82, 2.24) is 19.8 Å².